The van der Waals surface area contributed by atoms with Crippen molar-refractivity contribution in [2.45, 2.75) is 90.7 Å². The van der Waals surface area contributed by atoms with Crippen molar-refractivity contribution in [3.63, 3.8) is 0 Å². The Balaban J connectivity index is 1.79. The van der Waals surface area contributed by atoms with Crippen molar-refractivity contribution in [3.8, 4) is 0 Å². The molecule has 2 atom stereocenters. The molecule has 2 rings (SSSR count). The molecule has 1 N–H and O–H groups in total. The number of rotatable bonds is 11. The highest BCUT2D eigenvalue weighted by atomic mass is 16.3. The van der Waals surface area contributed by atoms with Crippen LogP contribution in [-0.4, -0.2) is 34.6 Å². The lowest BCUT2D eigenvalue weighted by Crippen LogP contribution is -2.38. The summed E-state index contributed by atoms with van der Waals surface area (Å²) in [5.74, 6) is 0.272. The predicted molar refractivity (Wildman–Crippen MR) is 108 cm³/mol. The monoisotopic (exact) mass is 359 g/mol. The second kappa shape index (κ2) is 10.1. The maximum Gasteiger partial charge on any atom is 0.222 e. The average Bonchev–Trinajstić information content (AvgIpc) is 2.98. The van der Waals surface area contributed by atoms with Crippen molar-refractivity contribution in [2.75, 3.05) is 6.54 Å². The van der Waals surface area contributed by atoms with Gasteiger partial charge in [-0.15, -0.1) is 0 Å². The molecule has 3 nitrogen and oxygen atoms in total. The number of unbranched alkanes of at least 4 members (excludes halogenated alkanes) is 1. The van der Waals surface area contributed by atoms with Crippen LogP contribution in [-0.2, 0) is 11.2 Å². The number of hydrogen-bond donors (Lipinski definition) is 1. The fourth-order valence-electron chi connectivity index (χ4n) is 4.04. The van der Waals surface area contributed by atoms with Crippen LogP contribution in [0.1, 0.15) is 77.7 Å². The Hall–Kier alpha value is -1.35. The van der Waals surface area contributed by atoms with Crippen LogP contribution in [0.3, 0.4) is 0 Å². The average molecular weight is 360 g/mol. The molecule has 1 heterocycles. The van der Waals surface area contributed by atoms with Crippen molar-refractivity contribution >= 4 is 5.91 Å². The highest BCUT2D eigenvalue weighted by Crippen LogP contribution is 2.31. The molecule has 1 aromatic rings. The van der Waals surface area contributed by atoms with Crippen molar-refractivity contribution in [1.29, 1.82) is 0 Å². The summed E-state index contributed by atoms with van der Waals surface area (Å²) in [7, 11) is 0. The zero-order valence-electron chi connectivity index (χ0n) is 16.9. The van der Waals surface area contributed by atoms with Gasteiger partial charge in [-0.25, -0.2) is 0 Å². The number of aliphatic hydroxyl groups excluding tert-OH is 1. The van der Waals surface area contributed by atoms with E-state index in [0.717, 1.165) is 44.9 Å². The standard InChI is InChI=1S/C23H37NO2/c1-4-5-17-23(2,3)21(25)16-18-24-20(14-15-22(24)26)13-9-12-19-10-7-6-8-11-19/h6-8,10-11,20-21,25H,4-5,9,12-18H2,1-3H3/t20?,21-/m0/s1. The van der Waals surface area contributed by atoms with Crippen LogP contribution in [0.5, 0.6) is 0 Å². The molecule has 0 saturated carbocycles. The van der Waals surface area contributed by atoms with Crippen molar-refractivity contribution in [2.24, 2.45) is 5.41 Å². The molecule has 0 aliphatic carbocycles. The molecule has 26 heavy (non-hydrogen) atoms. The van der Waals surface area contributed by atoms with Gasteiger partial charge in [0.15, 0.2) is 0 Å². The first-order chi connectivity index (χ1) is 12.4. The lowest BCUT2D eigenvalue weighted by atomic mass is 9.80. The van der Waals surface area contributed by atoms with E-state index in [0.29, 0.717) is 25.4 Å². The molecule has 0 aromatic heterocycles. The van der Waals surface area contributed by atoms with Crippen LogP contribution in [0.2, 0.25) is 0 Å². The number of aryl methyl sites for hydroxylation is 1. The second-order valence-corrected chi connectivity index (χ2v) is 8.55. The third kappa shape index (κ3) is 6.12. The maximum atomic E-state index is 12.3. The van der Waals surface area contributed by atoms with E-state index in [-0.39, 0.29) is 17.4 Å². The molecule has 3 heteroatoms. The smallest absolute Gasteiger partial charge is 0.222 e. The van der Waals surface area contributed by atoms with Crippen LogP contribution in [0.15, 0.2) is 30.3 Å². The zero-order valence-corrected chi connectivity index (χ0v) is 16.9. The SMILES string of the molecule is CCCCC(C)(C)[C@@H](O)CCN1C(=O)CCC1CCCc1ccccc1. The number of amides is 1. The summed E-state index contributed by atoms with van der Waals surface area (Å²) in [6.45, 7) is 7.18. The van der Waals surface area contributed by atoms with E-state index >= 15 is 0 Å². The normalized spacial score (nSPS) is 19.2. The minimum Gasteiger partial charge on any atom is -0.393 e. The summed E-state index contributed by atoms with van der Waals surface area (Å²) >= 11 is 0. The van der Waals surface area contributed by atoms with Crippen LogP contribution in [0.4, 0.5) is 0 Å². The van der Waals surface area contributed by atoms with E-state index in [1.165, 1.54) is 5.56 Å². The van der Waals surface area contributed by atoms with Crippen LogP contribution in [0.25, 0.3) is 0 Å². The Morgan fingerprint density at radius 3 is 2.65 bits per heavy atom. The molecule has 1 aliphatic rings. The summed E-state index contributed by atoms with van der Waals surface area (Å²) in [5, 5.41) is 10.6. The molecule has 1 saturated heterocycles. The summed E-state index contributed by atoms with van der Waals surface area (Å²) in [4.78, 5) is 14.3. The molecule has 1 aliphatic heterocycles. The van der Waals surface area contributed by atoms with Crippen molar-refractivity contribution in [1.82, 2.24) is 4.90 Å². The summed E-state index contributed by atoms with van der Waals surface area (Å²) in [6.07, 6.45) is 8.60. The minimum atomic E-state index is -0.340. The molecule has 1 unspecified atom stereocenters. The number of benzene rings is 1. The number of aliphatic hydroxyl groups is 1. The molecule has 0 bridgehead atoms. The summed E-state index contributed by atoms with van der Waals surface area (Å²) in [6, 6.07) is 10.9. The van der Waals surface area contributed by atoms with Gasteiger partial charge in [-0.1, -0.05) is 63.9 Å². The maximum absolute atomic E-state index is 12.3. The minimum absolute atomic E-state index is 0.0679. The molecule has 1 aromatic carbocycles. The second-order valence-electron chi connectivity index (χ2n) is 8.55. The highest BCUT2D eigenvalue weighted by molar-refractivity contribution is 5.78. The topological polar surface area (TPSA) is 40.5 Å². The first-order valence-electron chi connectivity index (χ1n) is 10.5. The molecule has 0 spiro atoms. The van der Waals surface area contributed by atoms with Gasteiger partial charge in [-0.05, 0) is 49.5 Å². The van der Waals surface area contributed by atoms with Crippen molar-refractivity contribution in [3.05, 3.63) is 35.9 Å². The third-order valence-electron chi connectivity index (χ3n) is 6.02. The lowest BCUT2D eigenvalue weighted by Gasteiger charge is -2.33. The van der Waals surface area contributed by atoms with Gasteiger partial charge in [0.05, 0.1) is 6.10 Å². The number of likely N-dealkylation sites (tertiary alicyclic amines) is 1. The van der Waals surface area contributed by atoms with E-state index in [2.05, 4.69) is 45.0 Å². The Labute approximate surface area is 159 Å². The Morgan fingerprint density at radius 2 is 1.96 bits per heavy atom. The molecule has 1 fully saturated rings. The molecule has 1 amide bonds. The third-order valence-corrected chi connectivity index (χ3v) is 6.02. The predicted octanol–water partition coefficient (Wildman–Crippen LogP) is 4.97. The fourth-order valence-corrected chi connectivity index (χ4v) is 4.04. The highest BCUT2D eigenvalue weighted by Gasteiger charge is 2.33. The number of hydrogen-bond acceptors (Lipinski definition) is 2. The van der Waals surface area contributed by atoms with Gasteiger partial charge >= 0.3 is 0 Å². The molecule has 0 radical (unpaired) electrons. The molecule has 146 valence electrons. The fraction of sp³-hybridized carbons (Fsp3) is 0.696. The van der Waals surface area contributed by atoms with E-state index in [9.17, 15) is 9.90 Å². The van der Waals surface area contributed by atoms with Gasteiger partial charge < -0.3 is 10.0 Å². The summed E-state index contributed by atoms with van der Waals surface area (Å²) < 4.78 is 0. The van der Waals surface area contributed by atoms with E-state index in [1.54, 1.807) is 0 Å². The van der Waals surface area contributed by atoms with Gasteiger partial charge in [-0.2, -0.15) is 0 Å². The van der Waals surface area contributed by atoms with Gasteiger partial charge in [-0.3, -0.25) is 4.79 Å². The first kappa shape index (κ1) is 21.0. The van der Waals surface area contributed by atoms with Gasteiger partial charge in [0.25, 0.3) is 0 Å². The molecular weight excluding hydrogens is 322 g/mol. The number of nitrogens with zero attached hydrogens (tertiary/aromatic N) is 1. The quantitative estimate of drug-likeness (QED) is 0.606. The van der Waals surface area contributed by atoms with Gasteiger partial charge in [0, 0.05) is 19.0 Å². The first-order valence-corrected chi connectivity index (χ1v) is 10.5. The van der Waals surface area contributed by atoms with E-state index in [1.807, 2.05) is 11.0 Å². The number of carbonyl (C=O) groups is 1. The van der Waals surface area contributed by atoms with Gasteiger partial charge in [0.2, 0.25) is 5.91 Å². The van der Waals surface area contributed by atoms with Crippen LogP contribution >= 0.6 is 0 Å². The van der Waals surface area contributed by atoms with Crippen LogP contribution < -0.4 is 0 Å². The van der Waals surface area contributed by atoms with E-state index in [4.69, 9.17) is 0 Å². The van der Waals surface area contributed by atoms with Gasteiger partial charge in [0.1, 0.15) is 0 Å². The Kier molecular flexibility index (Phi) is 8.15. The lowest BCUT2D eigenvalue weighted by molar-refractivity contribution is -0.129. The Bertz CT molecular complexity index is 540. The summed E-state index contributed by atoms with van der Waals surface area (Å²) in [5.41, 5.74) is 1.30. The largest absolute Gasteiger partial charge is 0.393 e. The van der Waals surface area contributed by atoms with Crippen molar-refractivity contribution < 1.29 is 9.90 Å². The zero-order chi connectivity index (χ0) is 19.0. The van der Waals surface area contributed by atoms with E-state index < -0.39 is 0 Å². The Morgan fingerprint density at radius 1 is 1.23 bits per heavy atom. The number of carbonyl (C=O) groups excluding carboxylic acids is 1. The molecular formula is C23H37NO2. The van der Waals surface area contributed by atoms with Crippen LogP contribution in [0, 0.1) is 5.41 Å².